The summed E-state index contributed by atoms with van der Waals surface area (Å²) >= 11 is 0. The molecule has 28 heavy (non-hydrogen) atoms. The first-order chi connectivity index (χ1) is 13.0. The Morgan fingerprint density at radius 3 is 2.46 bits per heavy atom. The number of carbonyl (C=O) groups excluding carboxylic acids is 1. The van der Waals surface area contributed by atoms with Crippen molar-refractivity contribution in [2.45, 2.75) is 50.3 Å². The number of nitrogens with zero attached hydrogens (tertiary/aromatic N) is 2. The molecule has 1 amide bonds. The number of benzene rings is 1. The molecule has 1 aromatic rings. The minimum atomic E-state index is -3.19. The number of amides is 1. The van der Waals surface area contributed by atoms with E-state index in [0.717, 1.165) is 24.5 Å². The minimum absolute atomic E-state index is 0.00226. The van der Waals surface area contributed by atoms with Gasteiger partial charge in [0.25, 0.3) is 0 Å². The summed E-state index contributed by atoms with van der Waals surface area (Å²) in [5.41, 5.74) is 0.434. The molecule has 1 aromatic carbocycles. The molecular weight excluding hydrogens is 380 g/mol. The predicted molar refractivity (Wildman–Crippen MR) is 109 cm³/mol. The number of hydrogen-bond donors (Lipinski definition) is 2. The van der Waals surface area contributed by atoms with Crippen LogP contribution in [0.2, 0.25) is 0 Å². The van der Waals surface area contributed by atoms with Crippen LogP contribution in [0.25, 0.3) is 0 Å². The SMILES string of the molecule is CN=C(NCc1ccc(S(C)(=O)=O)cc1)N1CCC(NC(=O)OC(C)(C)C)C1. The molecule has 0 aromatic heterocycles. The Kier molecular flexibility index (Phi) is 6.92. The number of rotatable bonds is 4. The Labute approximate surface area is 167 Å². The van der Waals surface area contributed by atoms with Gasteiger partial charge in [0, 0.05) is 32.9 Å². The zero-order chi connectivity index (χ0) is 20.9. The van der Waals surface area contributed by atoms with E-state index in [1.54, 1.807) is 31.3 Å². The lowest BCUT2D eigenvalue weighted by atomic mass is 10.2. The van der Waals surface area contributed by atoms with Crippen molar-refractivity contribution < 1.29 is 17.9 Å². The van der Waals surface area contributed by atoms with E-state index in [0.29, 0.717) is 18.0 Å². The van der Waals surface area contributed by atoms with Crippen LogP contribution in [0.3, 0.4) is 0 Å². The van der Waals surface area contributed by atoms with Crippen LogP contribution in [-0.4, -0.2) is 63.4 Å². The molecule has 1 unspecified atom stereocenters. The number of alkyl carbamates (subject to hydrolysis) is 1. The van der Waals surface area contributed by atoms with Crippen LogP contribution < -0.4 is 10.6 Å². The highest BCUT2D eigenvalue weighted by Gasteiger charge is 2.27. The molecule has 0 spiro atoms. The number of carbonyl (C=O) groups is 1. The Morgan fingerprint density at radius 1 is 1.29 bits per heavy atom. The number of sulfone groups is 1. The Hall–Kier alpha value is -2.29. The number of hydrogen-bond acceptors (Lipinski definition) is 5. The summed E-state index contributed by atoms with van der Waals surface area (Å²) in [6.07, 6.45) is 1.59. The topological polar surface area (TPSA) is 100 Å². The number of guanidine groups is 1. The largest absolute Gasteiger partial charge is 0.444 e. The molecule has 0 saturated carbocycles. The molecule has 1 atom stereocenters. The Balaban J connectivity index is 1.86. The molecule has 2 N–H and O–H groups in total. The van der Waals surface area contributed by atoms with E-state index in [1.807, 2.05) is 20.8 Å². The Bertz CT molecular complexity index is 813. The van der Waals surface area contributed by atoms with Crippen molar-refractivity contribution in [3.05, 3.63) is 29.8 Å². The van der Waals surface area contributed by atoms with Crippen molar-refractivity contribution in [1.82, 2.24) is 15.5 Å². The summed E-state index contributed by atoms with van der Waals surface area (Å²) < 4.78 is 28.4. The minimum Gasteiger partial charge on any atom is -0.444 e. The van der Waals surface area contributed by atoms with E-state index >= 15 is 0 Å². The van der Waals surface area contributed by atoms with Crippen molar-refractivity contribution in [2.75, 3.05) is 26.4 Å². The van der Waals surface area contributed by atoms with Crippen LogP contribution in [-0.2, 0) is 21.1 Å². The molecule has 0 bridgehead atoms. The first-order valence-electron chi connectivity index (χ1n) is 9.22. The highest BCUT2D eigenvalue weighted by Crippen LogP contribution is 2.13. The van der Waals surface area contributed by atoms with Crippen LogP contribution in [0, 0.1) is 0 Å². The maximum Gasteiger partial charge on any atom is 0.407 e. The molecule has 1 fully saturated rings. The highest BCUT2D eigenvalue weighted by molar-refractivity contribution is 7.90. The maximum absolute atomic E-state index is 11.9. The van der Waals surface area contributed by atoms with Crippen LogP contribution in [0.5, 0.6) is 0 Å². The fourth-order valence-corrected chi connectivity index (χ4v) is 3.54. The summed E-state index contributed by atoms with van der Waals surface area (Å²) in [7, 11) is -1.48. The van der Waals surface area contributed by atoms with Crippen molar-refractivity contribution in [1.29, 1.82) is 0 Å². The van der Waals surface area contributed by atoms with E-state index in [1.165, 1.54) is 6.26 Å². The predicted octanol–water partition coefficient (Wildman–Crippen LogP) is 1.76. The van der Waals surface area contributed by atoms with E-state index in [4.69, 9.17) is 4.74 Å². The van der Waals surface area contributed by atoms with Gasteiger partial charge in [-0.1, -0.05) is 12.1 Å². The number of nitrogens with one attached hydrogen (secondary N) is 2. The molecular formula is C19H30N4O4S. The molecule has 1 saturated heterocycles. The van der Waals surface area contributed by atoms with Crippen molar-refractivity contribution in [2.24, 2.45) is 4.99 Å². The van der Waals surface area contributed by atoms with Crippen molar-refractivity contribution >= 4 is 21.9 Å². The standard InChI is InChI=1S/C19H30N4O4S/c1-19(2,3)27-18(24)22-15-10-11-23(13-15)17(20-4)21-12-14-6-8-16(9-7-14)28(5,25)26/h6-9,15H,10-13H2,1-5H3,(H,20,21)(H,22,24). The highest BCUT2D eigenvalue weighted by atomic mass is 32.2. The number of ether oxygens (including phenoxy) is 1. The van der Waals surface area contributed by atoms with Crippen LogP contribution >= 0.6 is 0 Å². The lowest BCUT2D eigenvalue weighted by molar-refractivity contribution is 0.0507. The van der Waals surface area contributed by atoms with Gasteiger partial charge in [-0.15, -0.1) is 0 Å². The molecule has 0 radical (unpaired) electrons. The quantitative estimate of drug-likeness (QED) is 0.580. The monoisotopic (exact) mass is 410 g/mol. The van der Waals surface area contributed by atoms with Crippen LogP contribution in [0.4, 0.5) is 4.79 Å². The lowest BCUT2D eigenvalue weighted by Gasteiger charge is -2.23. The summed E-state index contributed by atoms with van der Waals surface area (Å²) in [4.78, 5) is 18.6. The van der Waals surface area contributed by atoms with Gasteiger partial charge in [-0.05, 0) is 44.9 Å². The fraction of sp³-hybridized carbons (Fsp3) is 0.579. The van der Waals surface area contributed by atoms with Gasteiger partial charge in [-0.25, -0.2) is 13.2 Å². The first-order valence-corrected chi connectivity index (χ1v) is 11.1. The summed E-state index contributed by atoms with van der Waals surface area (Å²) in [6.45, 7) is 7.45. The van der Waals surface area contributed by atoms with Gasteiger partial charge >= 0.3 is 6.09 Å². The van der Waals surface area contributed by atoms with Gasteiger partial charge < -0.3 is 20.3 Å². The number of aliphatic imine (C=N–C) groups is 1. The maximum atomic E-state index is 11.9. The third kappa shape index (κ3) is 6.70. The average molecular weight is 411 g/mol. The van der Waals surface area contributed by atoms with Crippen molar-refractivity contribution in [3.8, 4) is 0 Å². The molecule has 9 heteroatoms. The van der Waals surface area contributed by atoms with E-state index in [-0.39, 0.29) is 6.04 Å². The first kappa shape index (κ1) is 22.0. The van der Waals surface area contributed by atoms with Gasteiger partial charge in [-0.3, -0.25) is 4.99 Å². The average Bonchev–Trinajstić information content (AvgIpc) is 3.01. The smallest absolute Gasteiger partial charge is 0.407 e. The molecule has 2 rings (SSSR count). The summed E-state index contributed by atoms with van der Waals surface area (Å²) in [5, 5.41) is 6.18. The van der Waals surface area contributed by atoms with Crippen LogP contribution in [0.15, 0.2) is 34.2 Å². The second-order valence-corrected chi connectivity index (χ2v) is 9.91. The lowest BCUT2D eigenvalue weighted by Crippen LogP contribution is -2.44. The molecule has 156 valence electrons. The summed E-state index contributed by atoms with van der Waals surface area (Å²) in [6, 6.07) is 6.78. The van der Waals surface area contributed by atoms with Gasteiger partial charge in [-0.2, -0.15) is 0 Å². The molecule has 8 nitrogen and oxygen atoms in total. The third-order valence-electron chi connectivity index (χ3n) is 4.22. The van der Waals surface area contributed by atoms with Gasteiger partial charge in [0.1, 0.15) is 5.60 Å². The van der Waals surface area contributed by atoms with E-state index in [9.17, 15) is 13.2 Å². The molecule has 0 aliphatic carbocycles. The van der Waals surface area contributed by atoms with Crippen molar-refractivity contribution in [3.63, 3.8) is 0 Å². The molecule has 1 aliphatic rings. The van der Waals surface area contributed by atoms with E-state index < -0.39 is 21.5 Å². The second kappa shape index (κ2) is 8.81. The summed E-state index contributed by atoms with van der Waals surface area (Å²) in [5.74, 6) is 0.737. The Morgan fingerprint density at radius 2 is 1.93 bits per heavy atom. The fourth-order valence-electron chi connectivity index (χ4n) is 2.91. The second-order valence-electron chi connectivity index (χ2n) is 7.89. The molecule has 1 aliphatic heterocycles. The van der Waals surface area contributed by atoms with Gasteiger partial charge in [0.15, 0.2) is 15.8 Å². The van der Waals surface area contributed by atoms with Gasteiger partial charge in [0.2, 0.25) is 0 Å². The van der Waals surface area contributed by atoms with E-state index in [2.05, 4.69) is 20.5 Å². The zero-order valence-electron chi connectivity index (χ0n) is 17.2. The zero-order valence-corrected chi connectivity index (χ0v) is 18.0. The number of likely N-dealkylation sites (tertiary alicyclic amines) is 1. The third-order valence-corrected chi connectivity index (χ3v) is 5.35. The van der Waals surface area contributed by atoms with Gasteiger partial charge in [0.05, 0.1) is 10.9 Å². The molecule has 1 heterocycles. The van der Waals surface area contributed by atoms with Crippen LogP contribution in [0.1, 0.15) is 32.8 Å². The normalized spacial score (nSPS) is 18.1.